The number of rotatable bonds is 3. The summed E-state index contributed by atoms with van der Waals surface area (Å²) in [4.78, 5) is 13.8. The molecule has 118 valence electrons. The molecule has 0 aromatic carbocycles. The van der Waals surface area contributed by atoms with Crippen LogP contribution in [0, 0.1) is 0 Å². The predicted molar refractivity (Wildman–Crippen MR) is 92.2 cm³/mol. The molecule has 4 heterocycles. The Morgan fingerprint density at radius 2 is 1.91 bits per heavy atom. The first-order valence-corrected chi connectivity index (χ1v) is 8.48. The van der Waals surface area contributed by atoms with Crippen LogP contribution in [0.4, 0.5) is 5.82 Å². The van der Waals surface area contributed by atoms with Gasteiger partial charge in [-0.3, -0.25) is 4.57 Å². The second-order valence-electron chi connectivity index (χ2n) is 5.70. The van der Waals surface area contributed by atoms with Gasteiger partial charge in [0.1, 0.15) is 11.6 Å². The number of anilines is 1. The van der Waals surface area contributed by atoms with Crippen molar-refractivity contribution in [3.63, 3.8) is 0 Å². The molecule has 0 atom stereocenters. The molecule has 1 saturated heterocycles. The molecule has 0 bridgehead atoms. The van der Waals surface area contributed by atoms with Gasteiger partial charge in [-0.25, -0.2) is 14.3 Å². The van der Waals surface area contributed by atoms with E-state index in [9.17, 15) is 0 Å². The van der Waals surface area contributed by atoms with E-state index in [0.29, 0.717) is 0 Å². The highest BCUT2D eigenvalue weighted by Gasteiger charge is 2.15. The van der Waals surface area contributed by atoms with Crippen molar-refractivity contribution < 1.29 is 0 Å². The number of hydrogen-bond donors (Lipinski definition) is 0. The predicted octanol–water partition coefficient (Wildman–Crippen LogP) is 2.14. The number of pyridine rings is 1. The zero-order chi connectivity index (χ0) is 15.6. The number of nitrogens with zero attached hydrogens (tertiary/aromatic N) is 6. The molecule has 0 amide bonds. The van der Waals surface area contributed by atoms with Gasteiger partial charge in [0, 0.05) is 49.5 Å². The minimum absolute atomic E-state index is 0.896. The smallest absolute Gasteiger partial charge is 0.146 e. The quantitative estimate of drug-likeness (QED) is 0.738. The van der Waals surface area contributed by atoms with Crippen LogP contribution in [0.2, 0.25) is 0 Å². The molecule has 0 radical (unpaired) electrons. The van der Waals surface area contributed by atoms with Crippen molar-refractivity contribution in [2.45, 2.75) is 0 Å². The number of imidazole rings is 1. The summed E-state index contributed by atoms with van der Waals surface area (Å²) in [6, 6.07) is 4.20. The minimum Gasteiger partial charge on any atom is -0.354 e. The Morgan fingerprint density at radius 3 is 2.61 bits per heavy atom. The summed E-state index contributed by atoms with van der Waals surface area (Å²) in [6.07, 6.45) is 7.52. The van der Waals surface area contributed by atoms with Crippen LogP contribution in [0.3, 0.4) is 0 Å². The Balaban J connectivity index is 1.58. The molecule has 0 unspecified atom stereocenters. The van der Waals surface area contributed by atoms with Gasteiger partial charge in [-0.05, 0) is 30.7 Å². The number of hydrogen-bond acceptors (Lipinski definition) is 6. The van der Waals surface area contributed by atoms with Crippen LogP contribution in [0.15, 0.2) is 42.3 Å². The van der Waals surface area contributed by atoms with Crippen LogP contribution in [-0.2, 0) is 0 Å². The van der Waals surface area contributed by atoms with Gasteiger partial charge in [0.25, 0.3) is 0 Å². The van der Waals surface area contributed by atoms with Crippen LogP contribution in [0.5, 0.6) is 0 Å². The largest absolute Gasteiger partial charge is 0.354 e. The average molecular weight is 326 g/mol. The van der Waals surface area contributed by atoms with E-state index in [0.717, 1.165) is 49.1 Å². The fourth-order valence-corrected chi connectivity index (χ4v) is 3.30. The van der Waals surface area contributed by atoms with Gasteiger partial charge in [0.2, 0.25) is 0 Å². The van der Waals surface area contributed by atoms with Gasteiger partial charge in [0.05, 0.1) is 18.1 Å². The van der Waals surface area contributed by atoms with Crippen molar-refractivity contribution in [3.05, 3.63) is 42.3 Å². The molecular weight excluding hydrogens is 308 g/mol. The molecule has 1 aliphatic heterocycles. The lowest BCUT2D eigenvalue weighted by atomic mass is 10.3. The maximum absolute atomic E-state index is 4.65. The third-order valence-corrected chi connectivity index (χ3v) is 4.76. The third kappa shape index (κ3) is 2.85. The van der Waals surface area contributed by atoms with Crippen LogP contribution >= 0.6 is 11.5 Å². The summed E-state index contributed by atoms with van der Waals surface area (Å²) >= 11 is 1.43. The summed E-state index contributed by atoms with van der Waals surface area (Å²) in [5.74, 6) is 1.94. The van der Waals surface area contributed by atoms with Crippen LogP contribution in [0.25, 0.3) is 17.1 Å². The summed E-state index contributed by atoms with van der Waals surface area (Å²) in [5, 5.41) is 2.00. The van der Waals surface area contributed by atoms with Crippen molar-refractivity contribution in [2.75, 3.05) is 38.1 Å². The molecule has 0 saturated carbocycles. The first kappa shape index (κ1) is 14.3. The Hall–Kier alpha value is -2.25. The zero-order valence-corrected chi connectivity index (χ0v) is 13.8. The first-order chi connectivity index (χ1) is 11.3. The maximum Gasteiger partial charge on any atom is 0.146 e. The summed E-state index contributed by atoms with van der Waals surface area (Å²) in [5.41, 5.74) is 2.05. The van der Waals surface area contributed by atoms with Gasteiger partial charge in [-0.2, -0.15) is 0 Å². The SMILES string of the molecule is CN1CCN(c2ccc(-n3ccnc3-c3cnsc3)cn2)CC1. The van der Waals surface area contributed by atoms with Crippen molar-refractivity contribution in [1.82, 2.24) is 23.8 Å². The highest BCUT2D eigenvalue weighted by atomic mass is 32.1. The van der Waals surface area contributed by atoms with Crippen LogP contribution in [-0.4, -0.2) is 57.0 Å². The zero-order valence-electron chi connectivity index (χ0n) is 13.0. The molecule has 23 heavy (non-hydrogen) atoms. The molecule has 0 aliphatic carbocycles. The van der Waals surface area contributed by atoms with Crippen molar-refractivity contribution in [2.24, 2.45) is 0 Å². The third-order valence-electron chi connectivity index (χ3n) is 4.17. The molecule has 4 rings (SSSR count). The number of likely N-dealkylation sites (N-methyl/N-ethyl adjacent to an activating group) is 1. The van der Waals surface area contributed by atoms with E-state index in [-0.39, 0.29) is 0 Å². The monoisotopic (exact) mass is 326 g/mol. The fraction of sp³-hybridized carbons (Fsp3) is 0.312. The van der Waals surface area contributed by atoms with Crippen LogP contribution < -0.4 is 4.90 Å². The maximum atomic E-state index is 4.65. The standard InChI is InChI=1S/C16H18N6S/c1-20-6-8-21(9-7-20)15-3-2-14(11-18-15)22-5-4-17-16(22)13-10-19-23-12-13/h2-5,10-12H,6-9H2,1H3. The lowest BCUT2D eigenvalue weighted by Crippen LogP contribution is -2.44. The highest BCUT2D eigenvalue weighted by molar-refractivity contribution is 7.03. The molecule has 0 spiro atoms. The normalized spacial score (nSPS) is 16.0. The summed E-state index contributed by atoms with van der Waals surface area (Å²) < 4.78 is 6.20. The average Bonchev–Trinajstić information content (AvgIpc) is 3.27. The van der Waals surface area contributed by atoms with Gasteiger partial charge in [0.15, 0.2) is 0 Å². The summed E-state index contributed by atoms with van der Waals surface area (Å²) in [6.45, 7) is 4.22. The highest BCUT2D eigenvalue weighted by Crippen LogP contribution is 2.23. The molecule has 6 nitrogen and oxygen atoms in total. The molecule has 3 aromatic rings. The second-order valence-corrected chi connectivity index (χ2v) is 6.36. The second kappa shape index (κ2) is 6.10. The topological polar surface area (TPSA) is 50.1 Å². The lowest BCUT2D eigenvalue weighted by molar-refractivity contribution is 0.312. The van der Waals surface area contributed by atoms with Gasteiger partial charge >= 0.3 is 0 Å². The Labute approximate surface area is 139 Å². The lowest BCUT2D eigenvalue weighted by Gasteiger charge is -2.33. The van der Waals surface area contributed by atoms with Gasteiger partial charge < -0.3 is 9.80 Å². The molecule has 3 aromatic heterocycles. The van der Waals surface area contributed by atoms with E-state index < -0.39 is 0 Å². The Kier molecular flexibility index (Phi) is 3.80. The van der Waals surface area contributed by atoms with E-state index in [1.807, 2.05) is 28.5 Å². The van der Waals surface area contributed by atoms with E-state index in [1.54, 1.807) is 6.20 Å². The van der Waals surface area contributed by atoms with E-state index in [2.05, 4.69) is 43.3 Å². The molecule has 1 aliphatic rings. The van der Waals surface area contributed by atoms with Gasteiger partial charge in [-0.1, -0.05) is 0 Å². The number of piperazine rings is 1. The molecule has 1 fully saturated rings. The van der Waals surface area contributed by atoms with Gasteiger partial charge in [-0.15, -0.1) is 0 Å². The van der Waals surface area contributed by atoms with E-state index in [1.165, 1.54) is 11.5 Å². The van der Waals surface area contributed by atoms with Crippen molar-refractivity contribution in [1.29, 1.82) is 0 Å². The minimum atomic E-state index is 0.896. The summed E-state index contributed by atoms with van der Waals surface area (Å²) in [7, 11) is 2.16. The first-order valence-electron chi connectivity index (χ1n) is 7.64. The molecular formula is C16H18N6S. The number of aromatic nitrogens is 4. The van der Waals surface area contributed by atoms with E-state index >= 15 is 0 Å². The Morgan fingerprint density at radius 1 is 1.04 bits per heavy atom. The van der Waals surface area contributed by atoms with Crippen LogP contribution in [0.1, 0.15) is 0 Å². The molecule has 7 heteroatoms. The van der Waals surface area contributed by atoms with Crippen molar-refractivity contribution in [3.8, 4) is 17.1 Å². The van der Waals surface area contributed by atoms with E-state index in [4.69, 9.17) is 0 Å². The Bertz CT molecular complexity index is 756. The van der Waals surface area contributed by atoms with Crippen molar-refractivity contribution >= 4 is 17.4 Å². The molecule has 0 N–H and O–H groups in total. The fourth-order valence-electron chi connectivity index (χ4n) is 2.78.